The Morgan fingerprint density at radius 3 is 2.33 bits per heavy atom. The van der Waals surface area contributed by atoms with Crippen molar-refractivity contribution in [3.8, 4) is 0 Å². The second-order valence-corrected chi connectivity index (χ2v) is 7.69. The van der Waals surface area contributed by atoms with Gasteiger partial charge in [-0.3, -0.25) is 4.99 Å². The van der Waals surface area contributed by atoms with E-state index in [1.165, 1.54) is 25.7 Å². The molecule has 1 saturated heterocycles. The van der Waals surface area contributed by atoms with Crippen LogP contribution in [0.2, 0.25) is 0 Å². The maximum atomic E-state index is 12.0. The van der Waals surface area contributed by atoms with Crippen LogP contribution in [-0.2, 0) is 4.74 Å². The van der Waals surface area contributed by atoms with Gasteiger partial charge in [-0.25, -0.2) is 4.79 Å². The number of aliphatic imine (C=N–C) groups is 1. The molecular formula is C17H33IN4O2. The number of carbonyl (C=O) groups is 1. The van der Waals surface area contributed by atoms with E-state index in [1.54, 1.807) is 0 Å². The average Bonchev–Trinajstić information content (AvgIpc) is 3.26. The SMILES string of the molecule is CC(C)(C)OC(=O)NC(CN=C(N)N1CCCCCC1)C1CC1.I. The highest BCUT2D eigenvalue weighted by Crippen LogP contribution is 2.33. The summed E-state index contributed by atoms with van der Waals surface area (Å²) in [7, 11) is 0. The van der Waals surface area contributed by atoms with Crippen molar-refractivity contribution in [2.45, 2.75) is 70.9 Å². The topological polar surface area (TPSA) is 79.9 Å². The summed E-state index contributed by atoms with van der Waals surface area (Å²) in [5, 5.41) is 2.96. The first-order valence-electron chi connectivity index (χ1n) is 8.89. The molecule has 2 aliphatic rings. The lowest BCUT2D eigenvalue weighted by atomic mass is 10.2. The third-order valence-electron chi connectivity index (χ3n) is 4.27. The second kappa shape index (κ2) is 9.68. The molecule has 0 bridgehead atoms. The van der Waals surface area contributed by atoms with Crippen LogP contribution in [-0.4, -0.2) is 48.2 Å². The fraction of sp³-hybridized carbons (Fsp3) is 0.882. The van der Waals surface area contributed by atoms with E-state index in [0.717, 1.165) is 25.9 Å². The number of nitrogens with one attached hydrogen (secondary N) is 1. The number of guanidine groups is 1. The first kappa shape index (κ1) is 21.3. The molecule has 1 atom stereocenters. The largest absolute Gasteiger partial charge is 0.444 e. The third-order valence-corrected chi connectivity index (χ3v) is 4.27. The minimum Gasteiger partial charge on any atom is -0.444 e. The maximum Gasteiger partial charge on any atom is 0.407 e. The third kappa shape index (κ3) is 7.90. The van der Waals surface area contributed by atoms with Crippen molar-refractivity contribution in [3.63, 3.8) is 0 Å². The fourth-order valence-corrected chi connectivity index (χ4v) is 2.86. The molecule has 0 spiro atoms. The molecule has 1 aliphatic heterocycles. The number of likely N-dealkylation sites (tertiary alicyclic amines) is 1. The lowest BCUT2D eigenvalue weighted by Crippen LogP contribution is -2.43. The predicted octanol–water partition coefficient (Wildman–Crippen LogP) is 3.10. The summed E-state index contributed by atoms with van der Waals surface area (Å²) in [5.74, 6) is 1.12. The number of hydrogen-bond acceptors (Lipinski definition) is 3. The van der Waals surface area contributed by atoms with Gasteiger partial charge in [0.05, 0.1) is 12.6 Å². The van der Waals surface area contributed by atoms with Gasteiger partial charge in [0, 0.05) is 13.1 Å². The molecule has 2 rings (SSSR count). The van der Waals surface area contributed by atoms with E-state index in [-0.39, 0.29) is 36.1 Å². The lowest BCUT2D eigenvalue weighted by Gasteiger charge is -2.24. The van der Waals surface area contributed by atoms with Crippen LogP contribution < -0.4 is 11.1 Å². The standard InChI is InChI=1S/C17H32N4O2.HI/c1-17(2,3)23-16(22)20-14(13-8-9-13)12-19-15(18)21-10-6-4-5-7-11-21;/h13-14H,4-12H2,1-3H3,(H2,18,19)(H,20,22);1H. The van der Waals surface area contributed by atoms with E-state index in [2.05, 4.69) is 15.2 Å². The minimum absolute atomic E-state index is 0. The molecule has 1 amide bonds. The summed E-state index contributed by atoms with van der Waals surface area (Å²) in [6, 6.07) is 0.0235. The molecule has 3 N–H and O–H groups in total. The highest BCUT2D eigenvalue weighted by Gasteiger charge is 2.33. The number of ether oxygens (including phenoxy) is 1. The Bertz CT molecular complexity index is 425. The van der Waals surface area contributed by atoms with Crippen LogP contribution in [0.25, 0.3) is 0 Å². The molecule has 1 unspecified atom stereocenters. The summed E-state index contributed by atoms with van der Waals surface area (Å²) in [5.41, 5.74) is 5.67. The normalized spacial score (nSPS) is 20.6. The summed E-state index contributed by atoms with van der Waals surface area (Å²) in [6.45, 7) is 8.12. The van der Waals surface area contributed by atoms with Gasteiger partial charge in [-0.1, -0.05) is 12.8 Å². The van der Waals surface area contributed by atoms with Crippen molar-refractivity contribution in [1.29, 1.82) is 0 Å². The predicted molar refractivity (Wildman–Crippen MR) is 108 cm³/mol. The summed E-state index contributed by atoms with van der Waals surface area (Å²) in [4.78, 5) is 18.7. The smallest absolute Gasteiger partial charge is 0.407 e. The van der Waals surface area contributed by atoms with Crippen LogP contribution in [0.1, 0.15) is 59.3 Å². The van der Waals surface area contributed by atoms with Gasteiger partial charge in [0.2, 0.25) is 0 Å². The van der Waals surface area contributed by atoms with Gasteiger partial charge in [0.25, 0.3) is 0 Å². The Morgan fingerprint density at radius 2 is 1.83 bits per heavy atom. The number of alkyl carbamates (subject to hydrolysis) is 1. The van der Waals surface area contributed by atoms with E-state index in [4.69, 9.17) is 10.5 Å². The van der Waals surface area contributed by atoms with Crippen LogP contribution in [0.4, 0.5) is 4.79 Å². The van der Waals surface area contributed by atoms with Crippen LogP contribution in [0, 0.1) is 5.92 Å². The lowest BCUT2D eigenvalue weighted by molar-refractivity contribution is 0.0500. The molecule has 2 fully saturated rings. The van der Waals surface area contributed by atoms with Gasteiger partial charge >= 0.3 is 6.09 Å². The van der Waals surface area contributed by atoms with Crippen LogP contribution in [0.3, 0.4) is 0 Å². The number of carbonyl (C=O) groups excluding carboxylic acids is 1. The first-order chi connectivity index (χ1) is 10.8. The zero-order valence-electron chi connectivity index (χ0n) is 15.2. The Labute approximate surface area is 163 Å². The van der Waals surface area contributed by atoms with Gasteiger partial charge in [0.1, 0.15) is 5.60 Å². The zero-order valence-corrected chi connectivity index (χ0v) is 17.5. The summed E-state index contributed by atoms with van der Waals surface area (Å²) < 4.78 is 5.35. The Kier molecular flexibility index (Phi) is 8.59. The molecule has 24 heavy (non-hydrogen) atoms. The summed E-state index contributed by atoms with van der Waals surface area (Å²) in [6.07, 6.45) is 6.82. The Hall–Kier alpha value is -0.730. The van der Waals surface area contributed by atoms with Crippen molar-refractivity contribution in [1.82, 2.24) is 10.2 Å². The molecule has 0 aromatic heterocycles. The number of hydrogen-bond donors (Lipinski definition) is 2. The van der Waals surface area contributed by atoms with Crippen molar-refractivity contribution in [3.05, 3.63) is 0 Å². The molecule has 1 heterocycles. The van der Waals surface area contributed by atoms with Crippen LogP contribution in [0.5, 0.6) is 0 Å². The average molecular weight is 452 g/mol. The van der Waals surface area contributed by atoms with Gasteiger partial charge in [0.15, 0.2) is 5.96 Å². The van der Waals surface area contributed by atoms with E-state index in [9.17, 15) is 4.79 Å². The number of nitrogens with two attached hydrogens (primary N) is 1. The minimum atomic E-state index is -0.480. The second-order valence-electron chi connectivity index (χ2n) is 7.69. The van der Waals surface area contributed by atoms with Crippen molar-refractivity contribution >= 4 is 36.0 Å². The molecule has 6 nitrogen and oxygen atoms in total. The molecule has 0 aromatic rings. The van der Waals surface area contributed by atoms with E-state index in [0.29, 0.717) is 18.4 Å². The molecule has 1 aliphatic carbocycles. The molecule has 0 radical (unpaired) electrons. The van der Waals surface area contributed by atoms with Crippen molar-refractivity contribution in [2.24, 2.45) is 16.6 Å². The van der Waals surface area contributed by atoms with Gasteiger partial charge in [-0.15, -0.1) is 24.0 Å². The van der Waals surface area contributed by atoms with Crippen LogP contribution in [0.15, 0.2) is 4.99 Å². The Balaban J connectivity index is 0.00000288. The fourth-order valence-electron chi connectivity index (χ4n) is 2.86. The van der Waals surface area contributed by atoms with Gasteiger partial charge < -0.3 is 20.7 Å². The highest BCUT2D eigenvalue weighted by molar-refractivity contribution is 14.0. The van der Waals surface area contributed by atoms with Gasteiger partial charge in [-0.05, 0) is 52.4 Å². The molecule has 1 saturated carbocycles. The van der Waals surface area contributed by atoms with Crippen LogP contribution >= 0.6 is 24.0 Å². The van der Waals surface area contributed by atoms with E-state index >= 15 is 0 Å². The molecule has 7 heteroatoms. The molecule has 0 aromatic carbocycles. The zero-order chi connectivity index (χ0) is 16.9. The molecular weight excluding hydrogens is 419 g/mol. The highest BCUT2D eigenvalue weighted by atomic mass is 127. The number of nitrogens with zero attached hydrogens (tertiary/aromatic N) is 2. The van der Waals surface area contributed by atoms with E-state index in [1.807, 2.05) is 20.8 Å². The first-order valence-corrected chi connectivity index (χ1v) is 8.89. The number of halogens is 1. The number of amides is 1. The van der Waals surface area contributed by atoms with E-state index < -0.39 is 5.60 Å². The van der Waals surface area contributed by atoms with Crippen molar-refractivity contribution < 1.29 is 9.53 Å². The monoisotopic (exact) mass is 452 g/mol. The Morgan fingerprint density at radius 1 is 1.25 bits per heavy atom. The number of rotatable bonds is 4. The van der Waals surface area contributed by atoms with Gasteiger partial charge in [-0.2, -0.15) is 0 Å². The quantitative estimate of drug-likeness (QED) is 0.390. The molecule has 140 valence electrons. The summed E-state index contributed by atoms with van der Waals surface area (Å²) >= 11 is 0. The van der Waals surface area contributed by atoms with Crippen molar-refractivity contribution in [2.75, 3.05) is 19.6 Å². The maximum absolute atomic E-state index is 12.0.